The van der Waals surface area contributed by atoms with Gasteiger partial charge in [-0.2, -0.15) is 18.4 Å². The van der Waals surface area contributed by atoms with E-state index < -0.39 is 11.9 Å². The first-order chi connectivity index (χ1) is 9.40. The second kappa shape index (κ2) is 5.67. The Morgan fingerprint density at radius 1 is 1.35 bits per heavy atom. The van der Waals surface area contributed by atoms with E-state index in [9.17, 15) is 13.2 Å². The number of halogens is 3. The van der Waals surface area contributed by atoms with Crippen LogP contribution < -0.4 is 10.5 Å². The summed E-state index contributed by atoms with van der Waals surface area (Å²) >= 11 is 0. The SMILES string of the molecule is N#Cc1ccc(C(F)(F)F)nc1OC1CCCC(N)C1. The highest BCUT2D eigenvalue weighted by Crippen LogP contribution is 2.31. The summed E-state index contributed by atoms with van der Waals surface area (Å²) in [6, 6.07) is 3.62. The average Bonchev–Trinajstić information content (AvgIpc) is 2.37. The fraction of sp³-hybridized carbons (Fsp3) is 0.538. The van der Waals surface area contributed by atoms with Crippen molar-refractivity contribution in [3.63, 3.8) is 0 Å². The monoisotopic (exact) mass is 285 g/mol. The summed E-state index contributed by atoms with van der Waals surface area (Å²) in [5.74, 6) is -0.263. The van der Waals surface area contributed by atoms with Crippen LogP contribution >= 0.6 is 0 Å². The lowest BCUT2D eigenvalue weighted by molar-refractivity contribution is -0.141. The lowest BCUT2D eigenvalue weighted by Crippen LogP contribution is -2.34. The zero-order valence-electron chi connectivity index (χ0n) is 10.7. The maximum Gasteiger partial charge on any atom is 0.433 e. The predicted molar refractivity (Wildman–Crippen MR) is 64.8 cm³/mol. The van der Waals surface area contributed by atoms with E-state index in [0.29, 0.717) is 12.8 Å². The molecule has 2 rings (SSSR count). The van der Waals surface area contributed by atoms with Crippen molar-refractivity contribution in [2.24, 2.45) is 5.73 Å². The number of nitriles is 1. The molecule has 0 saturated heterocycles. The summed E-state index contributed by atoms with van der Waals surface area (Å²) in [5, 5.41) is 8.92. The maximum atomic E-state index is 12.6. The molecule has 0 aromatic carbocycles. The van der Waals surface area contributed by atoms with E-state index in [1.165, 1.54) is 0 Å². The number of alkyl halides is 3. The number of hydrogen-bond acceptors (Lipinski definition) is 4. The number of pyridine rings is 1. The molecule has 0 aliphatic heterocycles. The summed E-state index contributed by atoms with van der Waals surface area (Å²) in [4.78, 5) is 3.42. The largest absolute Gasteiger partial charge is 0.473 e. The second-order valence-corrected chi connectivity index (χ2v) is 4.83. The summed E-state index contributed by atoms with van der Waals surface area (Å²) in [6.45, 7) is 0. The summed E-state index contributed by atoms with van der Waals surface area (Å²) in [6.07, 6.45) is -1.86. The van der Waals surface area contributed by atoms with Crippen LogP contribution in [0, 0.1) is 11.3 Å². The first-order valence-corrected chi connectivity index (χ1v) is 6.30. The number of nitrogens with zero attached hydrogens (tertiary/aromatic N) is 2. The topological polar surface area (TPSA) is 71.9 Å². The van der Waals surface area contributed by atoms with E-state index >= 15 is 0 Å². The van der Waals surface area contributed by atoms with Crippen molar-refractivity contribution in [1.82, 2.24) is 4.98 Å². The Hall–Kier alpha value is -1.81. The van der Waals surface area contributed by atoms with E-state index in [1.54, 1.807) is 6.07 Å². The molecule has 1 aliphatic rings. The van der Waals surface area contributed by atoms with Gasteiger partial charge in [-0.1, -0.05) is 0 Å². The molecular weight excluding hydrogens is 271 g/mol. The van der Waals surface area contributed by atoms with E-state index in [4.69, 9.17) is 15.7 Å². The minimum atomic E-state index is -4.56. The van der Waals surface area contributed by atoms with Crippen molar-refractivity contribution in [2.75, 3.05) is 0 Å². The van der Waals surface area contributed by atoms with Crippen LogP contribution in [0.3, 0.4) is 0 Å². The third-order valence-electron chi connectivity index (χ3n) is 3.22. The average molecular weight is 285 g/mol. The molecule has 4 nitrogen and oxygen atoms in total. The molecule has 7 heteroatoms. The van der Waals surface area contributed by atoms with Gasteiger partial charge in [-0.05, 0) is 37.8 Å². The molecule has 1 aromatic rings. The normalized spacial score (nSPS) is 23.1. The van der Waals surface area contributed by atoms with Crippen LogP contribution in [0.25, 0.3) is 0 Å². The summed E-state index contributed by atoms with van der Waals surface area (Å²) < 4.78 is 43.3. The third kappa shape index (κ3) is 3.39. The van der Waals surface area contributed by atoms with Crippen LogP contribution in [0.2, 0.25) is 0 Å². The van der Waals surface area contributed by atoms with Gasteiger partial charge in [0.2, 0.25) is 5.88 Å². The minimum Gasteiger partial charge on any atom is -0.473 e. The first kappa shape index (κ1) is 14.6. The highest BCUT2D eigenvalue weighted by Gasteiger charge is 2.34. The Bertz CT molecular complexity index is 525. The number of nitrogens with two attached hydrogens (primary N) is 1. The lowest BCUT2D eigenvalue weighted by atomic mass is 9.93. The van der Waals surface area contributed by atoms with Gasteiger partial charge < -0.3 is 10.5 Å². The van der Waals surface area contributed by atoms with Crippen molar-refractivity contribution in [3.05, 3.63) is 23.4 Å². The van der Waals surface area contributed by atoms with Crippen molar-refractivity contribution >= 4 is 0 Å². The second-order valence-electron chi connectivity index (χ2n) is 4.83. The molecule has 2 N–H and O–H groups in total. The number of hydrogen-bond donors (Lipinski definition) is 1. The van der Waals surface area contributed by atoms with Crippen LogP contribution in [-0.4, -0.2) is 17.1 Å². The number of aromatic nitrogens is 1. The smallest absolute Gasteiger partial charge is 0.433 e. The Labute approximate surface area is 114 Å². The van der Waals surface area contributed by atoms with Crippen LogP contribution in [0.5, 0.6) is 5.88 Å². The van der Waals surface area contributed by atoms with Crippen molar-refractivity contribution in [3.8, 4) is 11.9 Å². The zero-order valence-corrected chi connectivity index (χ0v) is 10.7. The minimum absolute atomic E-state index is 0.00264. The van der Waals surface area contributed by atoms with Crippen LogP contribution in [0.4, 0.5) is 13.2 Å². The number of ether oxygens (including phenoxy) is 1. The van der Waals surface area contributed by atoms with Gasteiger partial charge in [-0.15, -0.1) is 0 Å². The Morgan fingerprint density at radius 3 is 2.70 bits per heavy atom. The van der Waals surface area contributed by atoms with Crippen molar-refractivity contribution in [2.45, 2.75) is 44.0 Å². The molecule has 1 heterocycles. The molecule has 1 aliphatic carbocycles. The Balaban J connectivity index is 2.23. The van der Waals surface area contributed by atoms with Gasteiger partial charge >= 0.3 is 6.18 Å². The molecule has 0 radical (unpaired) electrons. The van der Waals surface area contributed by atoms with Crippen LogP contribution in [-0.2, 0) is 6.18 Å². The molecule has 1 fully saturated rings. The van der Waals surface area contributed by atoms with Gasteiger partial charge in [-0.25, -0.2) is 4.98 Å². The molecule has 1 saturated carbocycles. The van der Waals surface area contributed by atoms with E-state index in [-0.39, 0.29) is 23.6 Å². The fourth-order valence-electron chi connectivity index (χ4n) is 2.22. The van der Waals surface area contributed by atoms with Gasteiger partial charge in [0.25, 0.3) is 0 Å². The Kier molecular flexibility index (Phi) is 4.14. The molecular formula is C13H14F3N3O. The molecule has 2 unspecified atom stereocenters. The van der Waals surface area contributed by atoms with Crippen LogP contribution in [0.15, 0.2) is 12.1 Å². The van der Waals surface area contributed by atoms with Gasteiger partial charge in [0.05, 0.1) is 0 Å². The molecule has 0 bridgehead atoms. The summed E-state index contributed by atoms with van der Waals surface area (Å²) in [5.41, 5.74) is 4.74. The highest BCUT2D eigenvalue weighted by atomic mass is 19.4. The fourth-order valence-corrected chi connectivity index (χ4v) is 2.22. The molecule has 0 spiro atoms. The molecule has 0 amide bonds. The highest BCUT2D eigenvalue weighted by molar-refractivity contribution is 5.39. The van der Waals surface area contributed by atoms with Gasteiger partial charge in [0.15, 0.2) is 0 Å². The number of rotatable bonds is 2. The van der Waals surface area contributed by atoms with Crippen LogP contribution in [0.1, 0.15) is 36.9 Å². The predicted octanol–water partition coefficient (Wildman–Crippen LogP) is 2.62. The summed E-state index contributed by atoms with van der Waals surface area (Å²) in [7, 11) is 0. The molecule has 2 atom stereocenters. The zero-order chi connectivity index (χ0) is 14.8. The Morgan fingerprint density at radius 2 is 2.10 bits per heavy atom. The van der Waals surface area contributed by atoms with Gasteiger partial charge in [0, 0.05) is 6.04 Å². The van der Waals surface area contributed by atoms with Crippen molar-refractivity contribution in [1.29, 1.82) is 5.26 Å². The van der Waals surface area contributed by atoms with E-state index in [1.807, 2.05) is 0 Å². The molecule has 108 valence electrons. The molecule has 1 aromatic heterocycles. The first-order valence-electron chi connectivity index (χ1n) is 6.30. The van der Waals surface area contributed by atoms with E-state index in [2.05, 4.69) is 4.98 Å². The van der Waals surface area contributed by atoms with Gasteiger partial charge in [-0.3, -0.25) is 0 Å². The van der Waals surface area contributed by atoms with Gasteiger partial charge in [0.1, 0.15) is 23.4 Å². The van der Waals surface area contributed by atoms with Crippen molar-refractivity contribution < 1.29 is 17.9 Å². The third-order valence-corrected chi connectivity index (χ3v) is 3.22. The standard InChI is InChI=1S/C13H14F3N3O/c14-13(15,16)11-5-4-8(7-17)12(19-11)20-10-3-1-2-9(18)6-10/h4-5,9-10H,1-3,6,18H2. The lowest BCUT2D eigenvalue weighted by Gasteiger charge is -2.27. The maximum absolute atomic E-state index is 12.6. The quantitative estimate of drug-likeness (QED) is 0.906. The molecule has 20 heavy (non-hydrogen) atoms. The van der Waals surface area contributed by atoms with E-state index in [0.717, 1.165) is 25.0 Å².